The van der Waals surface area contributed by atoms with Crippen molar-refractivity contribution in [2.45, 2.75) is 53.0 Å². The van der Waals surface area contributed by atoms with E-state index < -0.39 is 11.4 Å². The Kier molecular flexibility index (Phi) is 6.00. The standard InChI is InChI=1S/C16H25NO4/c1-11(2)16(4,15(19)20)10-14(18)17-12(3)7-8-13-6-5-9-21-13/h5-6,9,11-12H,7-8,10H2,1-4H3,(H,17,18)(H,19,20). The van der Waals surface area contributed by atoms with Crippen molar-refractivity contribution in [3.63, 3.8) is 0 Å². The second-order valence-electron chi connectivity index (χ2n) is 6.14. The molecule has 0 aliphatic carbocycles. The van der Waals surface area contributed by atoms with Crippen LogP contribution < -0.4 is 5.32 Å². The summed E-state index contributed by atoms with van der Waals surface area (Å²) in [6.45, 7) is 7.17. The second kappa shape index (κ2) is 7.29. The lowest BCUT2D eigenvalue weighted by Crippen LogP contribution is -2.41. The number of aryl methyl sites for hydroxylation is 1. The summed E-state index contributed by atoms with van der Waals surface area (Å²) in [6.07, 6.45) is 3.12. The molecule has 21 heavy (non-hydrogen) atoms. The summed E-state index contributed by atoms with van der Waals surface area (Å²) in [5, 5.41) is 12.2. The molecule has 0 saturated carbocycles. The zero-order chi connectivity index (χ0) is 16.0. The minimum atomic E-state index is -1.04. The summed E-state index contributed by atoms with van der Waals surface area (Å²) in [7, 11) is 0. The van der Waals surface area contributed by atoms with Gasteiger partial charge in [0, 0.05) is 18.9 Å². The smallest absolute Gasteiger partial charge is 0.310 e. The van der Waals surface area contributed by atoms with Gasteiger partial charge in [-0.05, 0) is 38.3 Å². The Balaban J connectivity index is 2.46. The molecule has 0 aliphatic rings. The van der Waals surface area contributed by atoms with Gasteiger partial charge >= 0.3 is 5.97 Å². The van der Waals surface area contributed by atoms with Crippen molar-refractivity contribution in [1.82, 2.24) is 5.32 Å². The van der Waals surface area contributed by atoms with Crippen LogP contribution >= 0.6 is 0 Å². The molecule has 1 aromatic heterocycles. The van der Waals surface area contributed by atoms with Crippen LogP contribution in [-0.4, -0.2) is 23.0 Å². The lowest BCUT2D eigenvalue weighted by Gasteiger charge is -2.29. The molecule has 0 saturated heterocycles. The van der Waals surface area contributed by atoms with Crippen LogP contribution in [0.3, 0.4) is 0 Å². The van der Waals surface area contributed by atoms with Crippen LogP contribution in [0.1, 0.15) is 46.3 Å². The van der Waals surface area contributed by atoms with Gasteiger partial charge in [0.25, 0.3) is 0 Å². The summed E-state index contributed by atoms with van der Waals surface area (Å²) in [6, 6.07) is 3.71. The Labute approximate surface area is 125 Å². The molecule has 0 spiro atoms. The number of carbonyl (C=O) groups excluding carboxylic acids is 1. The van der Waals surface area contributed by atoms with Gasteiger partial charge in [-0.25, -0.2) is 0 Å². The van der Waals surface area contributed by atoms with Crippen molar-refractivity contribution in [2.24, 2.45) is 11.3 Å². The zero-order valence-corrected chi connectivity index (χ0v) is 13.2. The minimum Gasteiger partial charge on any atom is -0.481 e. The number of carboxylic acids is 1. The lowest BCUT2D eigenvalue weighted by molar-refractivity contribution is -0.153. The van der Waals surface area contributed by atoms with E-state index in [1.165, 1.54) is 0 Å². The summed E-state index contributed by atoms with van der Waals surface area (Å²) < 4.78 is 5.24. The van der Waals surface area contributed by atoms with Gasteiger partial charge < -0.3 is 14.8 Å². The minimum absolute atomic E-state index is 0.00884. The van der Waals surface area contributed by atoms with Gasteiger partial charge in [-0.2, -0.15) is 0 Å². The van der Waals surface area contributed by atoms with Crippen molar-refractivity contribution in [3.05, 3.63) is 24.2 Å². The van der Waals surface area contributed by atoms with Gasteiger partial charge in [-0.3, -0.25) is 9.59 Å². The fourth-order valence-corrected chi connectivity index (χ4v) is 2.07. The molecule has 0 bridgehead atoms. The predicted molar refractivity (Wildman–Crippen MR) is 79.8 cm³/mol. The first-order chi connectivity index (χ1) is 9.75. The molecule has 0 radical (unpaired) electrons. The van der Waals surface area contributed by atoms with E-state index in [1.807, 2.05) is 32.9 Å². The Morgan fingerprint density at radius 2 is 2.05 bits per heavy atom. The highest BCUT2D eigenvalue weighted by Gasteiger charge is 2.38. The average Bonchev–Trinajstić information content (AvgIpc) is 2.88. The molecule has 2 unspecified atom stereocenters. The molecule has 2 N–H and O–H groups in total. The SMILES string of the molecule is CC(CCc1ccco1)NC(=O)CC(C)(C(=O)O)C(C)C. The molecule has 0 aliphatic heterocycles. The molecule has 2 atom stereocenters. The molecule has 5 nitrogen and oxygen atoms in total. The quantitative estimate of drug-likeness (QED) is 0.773. The van der Waals surface area contributed by atoms with Crippen LogP contribution in [0.4, 0.5) is 0 Å². The van der Waals surface area contributed by atoms with E-state index in [-0.39, 0.29) is 24.3 Å². The highest BCUT2D eigenvalue weighted by atomic mass is 16.4. The monoisotopic (exact) mass is 295 g/mol. The first-order valence-electron chi connectivity index (χ1n) is 7.31. The van der Waals surface area contributed by atoms with E-state index in [2.05, 4.69) is 5.32 Å². The topological polar surface area (TPSA) is 79.5 Å². The molecule has 0 aromatic carbocycles. The third-order valence-corrected chi connectivity index (χ3v) is 4.10. The van der Waals surface area contributed by atoms with Crippen LogP contribution in [0.25, 0.3) is 0 Å². The van der Waals surface area contributed by atoms with Crippen molar-refractivity contribution in [3.8, 4) is 0 Å². The van der Waals surface area contributed by atoms with Crippen molar-refractivity contribution in [1.29, 1.82) is 0 Å². The van der Waals surface area contributed by atoms with Gasteiger partial charge in [-0.15, -0.1) is 0 Å². The van der Waals surface area contributed by atoms with E-state index in [0.717, 1.165) is 18.6 Å². The number of aliphatic carboxylic acids is 1. The number of carboxylic acid groups (broad SMARTS) is 1. The molecule has 0 fully saturated rings. The fourth-order valence-electron chi connectivity index (χ4n) is 2.07. The third kappa shape index (κ3) is 4.92. The number of furan rings is 1. The summed E-state index contributed by atoms with van der Waals surface area (Å²) in [5.41, 5.74) is -1.04. The maximum Gasteiger partial charge on any atom is 0.310 e. The normalized spacial score (nSPS) is 15.5. The van der Waals surface area contributed by atoms with Crippen LogP contribution in [0.15, 0.2) is 22.8 Å². The van der Waals surface area contributed by atoms with E-state index in [9.17, 15) is 14.7 Å². The molecule has 118 valence electrons. The van der Waals surface area contributed by atoms with E-state index in [0.29, 0.717) is 0 Å². The maximum atomic E-state index is 12.0. The first-order valence-corrected chi connectivity index (χ1v) is 7.31. The van der Waals surface area contributed by atoms with Gasteiger partial charge in [0.05, 0.1) is 11.7 Å². The van der Waals surface area contributed by atoms with Crippen molar-refractivity contribution >= 4 is 11.9 Å². The number of carbonyl (C=O) groups is 2. The van der Waals surface area contributed by atoms with E-state index in [1.54, 1.807) is 13.2 Å². The van der Waals surface area contributed by atoms with E-state index in [4.69, 9.17) is 4.42 Å². The molecular weight excluding hydrogens is 270 g/mol. The fraction of sp³-hybridized carbons (Fsp3) is 0.625. The second-order valence-corrected chi connectivity index (χ2v) is 6.14. The van der Waals surface area contributed by atoms with Crippen LogP contribution in [0.2, 0.25) is 0 Å². The van der Waals surface area contributed by atoms with Gasteiger partial charge in [0.2, 0.25) is 5.91 Å². The third-order valence-electron chi connectivity index (χ3n) is 4.10. The number of hydrogen-bond acceptors (Lipinski definition) is 3. The first kappa shape index (κ1) is 17.3. The predicted octanol–water partition coefficient (Wildman–Crippen LogP) is 2.85. The van der Waals surface area contributed by atoms with Crippen molar-refractivity contribution in [2.75, 3.05) is 0 Å². The molecule has 1 amide bonds. The number of hydrogen-bond donors (Lipinski definition) is 2. The zero-order valence-electron chi connectivity index (χ0n) is 13.2. The van der Waals surface area contributed by atoms with Crippen LogP contribution in [-0.2, 0) is 16.0 Å². The Morgan fingerprint density at radius 1 is 1.38 bits per heavy atom. The van der Waals surface area contributed by atoms with E-state index >= 15 is 0 Å². The highest BCUT2D eigenvalue weighted by Crippen LogP contribution is 2.31. The van der Waals surface area contributed by atoms with Gasteiger partial charge in [0.15, 0.2) is 0 Å². The summed E-state index contributed by atoms with van der Waals surface area (Å²) in [5.74, 6) is -0.385. The number of amides is 1. The van der Waals surface area contributed by atoms with Crippen LogP contribution in [0, 0.1) is 11.3 Å². The Hall–Kier alpha value is -1.78. The summed E-state index contributed by atoms with van der Waals surface area (Å²) in [4.78, 5) is 23.4. The lowest BCUT2D eigenvalue weighted by atomic mass is 9.76. The van der Waals surface area contributed by atoms with Crippen LogP contribution in [0.5, 0.6) is 0 Å². The maximum absolute atomic E-state index is 12.0. The molecule has 1 rings (SSSR count). The highest BCUT2D eigenvalue weighted by molar-refractivity contribution is 5.85. The van der Waals surface area contributed by atoms with Gasteiger partial charge in [-0.1, -0.05) is 13.8 Å². The molecule has 1 aromatic rings. The molecular formula is C16H25NO4. The largest absolute Gasteiger partial charge is 0.481 e. The molecule has 5 heteroatoms. The molecule has 1 heterocycles. The number of rotatable bonds is 8. The van der Waals surface area contributed by atoms with Gasteiger partial charge in [0.1, 0.15) is 5.76 Å². The summed E-state index contributed by atoms with van der Waals surface area (Å²) >= 11 is 0. The Morgan fingerprint density at radius 3 is 2.52 bits per heavy atom. The van der Waals surface area contributed by atoms with Crippen molar-refractivity contribution < 1.29 is 19.1 Å². The number of nitrogens with one attached hydrogen (secondary N) is 1. The average molecular weight is 295 g/mol. The Bertz CT molecular complexity index is 467.